The van der Waals surface area contributed by atoms with Gasteiger partial charge in [0.15, 0.2) is 17.7 Å². The monoisotopic (exact) mass is 673 g/mol. The highest BCUT2D eigenvalue weighted by Crippen LogP contribution is 2.37. The molecule has 2 heterocycles. The Bertz CT molecular complexity index is 1000. The summed E-state index contributed by atoms with van der Waals surface area (Å²) in [6.45, 7) is 15.7. The van der Waals surface area contributed by atoms with Crippen molar-refractivity contribution in [2.75, 3.05) is 40.9 Å². The Morgan fingerprint density at radius 1 is 1.15 bits per heavy atom. The molecule has 0 spiro atoms. The number of hydrogen-bond donors (Lipinski definition) is 4. The van der Waals surface area contributed by atoms with E-state index in [1.54, 1.807) is 14.0 Å². The summed E-state index contributed by atoms with van der Waals surface area (Å²) in [6.07, 6.45) is -3.07. The highest BCUT2D eigenvalue weighted by Gasteiger charge is 2.52. The minimum Gasteiger partial charge on any atom is -0.458 e. The summed E-state index contributed by atoms with van der Waals surface area (Å²) in [5, 5.41) is 28.3. The van der Waals surface area contributed by atoms with Crippen LogP contribution >= 0.6 is 0 Å². The number of ketones is 1. The van der Waals surface area contributed by atoms with Crippen molar-refractivity contribution in [3.63, 3.8) is 0 Å². The number of rotatable bonds is 11. The molecule has 0 aromatic carbocycles. The molecule has 2 unspecified atom stereocenters. The van der Waals surface area contributed by atoms with Crippen LogP contribution in [0.2, 0.25) is 0 Å². The number of Topliss-reactive ketones (excluding diaryl/α,β-unsaturated/α-hetero) is 1. The summed E-state index contributed by atoms with van der Waals surface area (Å²) in [5.41, 5.74) is -2.26. The summed E-state index contributed by atoms with van der Waals surface area (Å²) in [5.74, 6) is -3.24. The van der Waals surface area contributed by atoms with Crippen LogP contribution in [0.5, 0.6) is 0 Å². The van der Waals surface area contributed by atoms with Gasteiger partial charge in [-0.15, -0.1) is 0 Å². The number of nitrogens with zero attached hydrogens (tertiary/aromatic N) is 1. The van der Waals surface area contributed by atoms with E-state index < -0.39 is 71.5 Å². The average molecular weight is 674 g/mol. The molecule has 0 saturated carbocycles. The first kappa shape index (κ1) is 41.5. The standard InChI is InChI=1S/C34H63N3O10/c1-12-26-34(13-2,44-19-39)29(35-9)23(7)36-17-20(4)16-33(8,43-14-3)30(21(5)27(40)22(6)31(42)46-26)47-32-28(41)25(37(10)11)15-24(18-38)45-32/h19-26,28-30,32,35-36,38,41H,12-18H2,1-11H3/t20-,21+,22?,23-,24+,25+,26-,28-,29-,30-,32+,33?,34-/m1/s1. The second-order valence-corrected chi connectivity index (χ2v) is 13.9. The van der Waals surface area contributed by atoms with Crippen LogP contribution in [0.1, 0.15) is 81.1 Å². The smallest absolute Gasteiger partial charge is 0.316 e. The zero-order valence-corrected chi connectivity index (χ0v) is 30.5. The van der Waals surface area contributed by atoms with Gasteiger partial charge in [0.1, 0.15) is 18.1 Å². The van der Waals surface area contributed by atoms with Gasteiger partial charge in [-0.2, -0.15) is 0 Å². The third-order valence-electron chi connectivity index (χ3n) is 10.3. The Morgan fingerprint density at radius 3 is 2.32 bits per heavy atom. The highest BCUT2D eigenvalue weighted by atomic mass is 16.7. The normalized spacial score (nSPS) is 41.5. The van der Waals surface area contributed by atoms with Crippen LogP contribution in [0.3, 0.4) is 0 Å². The molecule has 4 N–H and O–H groups in total. The van der Waals surface area contributed by atoms with Crippen molar-refractivity contribution < 1.29 is 48.3 Å². The number of esters is 1. The van der Waals surface area contributed by atoms with Crippen molar-refractivity contribution in [1.82, 2.24) is 15.5 Å². The van der Waals surface area contributed by atoms with Gasteiger partial charge in [-0.25, -0.2) is 0 Å². The lowest BCUT2D eigenvalue weighted by atomic mass is 9.78. The molecule has 13 atom stereocenters. The maximum Gasteiger partial charge on any atom is 0.316 e. The molecule has 2 aliphatic heterocycles. The van der Waals surface area contributed by atoms with Crippen molar-refractivity contribution in [2.24, 2.45) is 17.8 Å². The van der Waals surface area contributed by atoms with E-state index in [2.05, 4.69) is 17.6 Å². The lowest BCUT2D eigenvalue weighted by Gasteiger charge is -2.47. The van der Waals surface area contributed by atoms with E-state index in [0.717, 1.165) is 0 Å². The van der Waals surface area contributed by atoms with Gasteiger partial charge in [0, 0.05) is 24.6 Å². The van der Waals surface area contributed by atoms with Gasteiger partial charge in [0.05, 0.1) is 30.5 Å². The summed E-state index contributed by atoms with van der Waals surface area (Å²) >= 11 is 0. The van der Waals surface area contributed by atoms with E-state index in [-0.39, 0.29) is 24.6 Å². The van der Waals surface area contributed by atoms with Gasteiger partial charge in [0.25, 0.3) is 6.47 Å². The summed E-state index contributed by atoms with van der Waals surface area (Å²) in [4.78, 5) is 41.7. The molecule has 2 fully saturated rings. The van der Waals surface area contributed by atoms with Gasteiger partial charge >= 0.3 is 5.97 Å². The predicted octanol–water partition coefficient (Wildman–Crippen LogP) is 1.66. The number of aliphatic hydroxyl groups is 2. The van der Waals surface area contributed by atoms with Crippen LogP contribution in [-0.4, -0.2) is 134 Å². The first-order valence-electron chi connectivity index (χ1n) is 17.3. The Balaban J connectivity index is 2.67. The third-order valence-corrected chi connectivity index (χ3v) is 10.3. The molecule has 13 heteroatoms. The maximum atomic E-state index is 14.2. The van der Waals surface area contributed by atoms with Crippen molar-refractivity contribution in [2.45, 2.75) is 141 Å². The zero-order valence-electron chi connectivity index (χ0n) is 30.5. The lowest BCUT2D eigenvalue weighted by Crippen LogP contribution is -2.66. The number of ether oxygens (including phenoxy) is 5. The average Bonchev–Trinajstić information content (AvgIpc) is 3.03. The summed E-state index contributed by atoms with van der Waals surface area (Å²) in [7, 11) is 5.45. The molecule has 2 rings (SSSR count). The van der Waals surface area contributed by atoms with Gasteiger partial charge in [-0.3, -0.25) is 14.4 Å². The largest absolute Gasteiger partial charge is 0.458 e. The van der Waals surface area contributed by atoms with E-state index in [1.807, 2.05) is 53.6 Å². The topological polar surface area (TPSA) is 165 Å². The molecular formula is C34H63N3O10. The number of hydrogen-bond acceptors (Lipinski definition) is 13. The fourth-order valence-electron chi connectivity index (χ4n) is 7.77. The van der Waals surface area contributed by atoms with Crippen molar-refractivity contribution in [3.8, 4) is 0 Å². The Hall–Kier alpha value is -1.71. The molecule has 0 aromatic rings. The number of aliphatic hydroxyl groups excluding tert-OH is 2. The molecule has 2 saturated heterocycles. The van der Waals surface area contributed by atoms with Crippen LogP contribution < -0.4 is 10.6 Å². The Labute approximate surface area is 281 Å². The number of carbonyl (C=O) groups is 3. The summed E-state index contributed by atoms with van der Waals surface area (Å²) in [6, 6.07) is -1.04. The van der Waals surface area contributed by atoms with Crippen molar-refractivity contribution in [1.29, 1.82) is 0 Å². The second kappa shape index (κ2) is 18.3. The molecular weight excluding hydrogens is 610 g/mol. The molecule has 13 nitrogen and oxygen atoms in total. The molecule has 0 radical (unpaired) electrons. The van der Waals surface area contributed by atoms with Crippen LogP contribution in [-0.2, 0) is 38.1 Å². The van der Waals surface area contributed by atoms with E-state index >= 15 is 0 Å². The highest BCUT2D eigenvalue weighted by molar-refractivity contribution is 6.00. The molecule has 0 aromatic heterocycles. The number of carbonyl (C=O) groups excluding carboxylic acids is 3. The van der Waals surface area contributed by atoms with E-state index in [1.165, 1.54) is 6.92 Å². The minimum atomic E-state index is -1.21. The molecule has 0 bridgehead atoms. The maximum absolute atomic E-state index is 14.2. The van der Waals surface area contributed by atoms with Gasteiger partial charge < -0.3 is 49.4 Å². The zero-order chi connectivity index (χ0) is 35.7. The number of nitrogens with one attached hydrogen (secondary N) is 2. The van der Waals surface area contributed by atoms with E-state index in [4.69, 9.17) is 23.7 Å². The molecule has 2 aliphatic rings. The van der Waals surface area contributed by atoms with Gasteiger partial charge in [0.2, 0.25) is 0 Å². The van der Waals surface area contributed by atoms with E-state index in [9.17, 15) is 24.6 Å². The van der Waals surface area contributed by atoms with Crippen LogP contribution in [0.4, 0.5) is 0 Å². The molecule has 0 aliphatic carbocycles. The van der Waals surface area contributed by atoms with Crippen molar-refractivity contribution >= 4 is 18.2 Å². The van der Waals surface area contributed by atoms with Gasteiger partial charge in [-0.1, -0.05) is 27.7 Å². The van der Waals surface area contributed by atoms with Crippen molar-refractivity contribution in [3.05, 3.63) is 0 Å². The first-order chi connectivity index (χ1) is 22.1. The fraction of sp³-hybridized carbons (Fsp3) is 0.912. The van der Waals surface area contributed by atoms with E-state index in [0.29, 0.717) is 45.3 Å². The number of likely N-dealkylation sites (N-methyl/N-ethyl adjacent to an activating group) is 2. The van der Waals surface area contributed by atoms with Crippen LogP contribution in [0, 0.1) is 17.8 Å². The Morgan fingerprint density at radius 2 is 1.81 bits per heavy atom. The molecule has 0 amide bonds. The first-order valence-corrected chi connectivity index (χ1v) is 17.3. The van der Waals surface area contributed by atoms with Gasteiger partial charge in [-0.05, 0) is 87.0 Å². The minimum absolute atomic E-state index is 0.00208. The fourth-order valence-corrected chi connectivity index (χ4v) is 7.77. The second-order valence-electron chi connectivity index (χ2n) is 13.9. The molecule has 274 valence electrons. The summed E-state index contributed by atoms with van der Waals surface area (Å²) < 4.78 is 30.9. The SMILES string of the molecule is CCOC1(C)C[C@@H](C)CN[C@H](C)[C@@H](NC)[C@](CC)(OC=O)[C@@H](CC)OC(=O)C(C)C(=O)[C@H](C)[C@H]1O[C@@H]1O[C@H](CO)C[C@H](N(C)C)[C@H]1O. The molecule has 47 heavy (non-hydrogen) atoms. The lowest BCUT2D eigenvalue weighted by molar-refractivity contribution is -0.302. The predicted molar refractivity (Wildman–Crippen MR) is 177 cm³/mol. The Kier molecular flexibility index (Phi) is 16.2. The quantitative estimate of drug-likeness (QED) is 0.142. The van der Waals surface area contributed by atoms with Crippen LogP contribution in [0.25, 0.3) is 0 Å². The third kappa shape index (κ3) is 9.50. The van der Waals surface area contributed by atoms with Crippen LogP contribution in [0.15, 0.2) is 0 Å². The number of cyclic esters (lactones) is 1.